The topological polar surface area (TPSA) is 76.4 Å². The van der Waals surface area contributed by atoms with Gasteiger partial charge in [0.2, 0.25) is 5.91 Å². The molecule has 2 aromatic rings. The zero-order valence-electron chi connectivity index (χ0n) is 14.1. The smallest absolute Gasteiger partial charge is 0.247 e. The third-order valence-electron chi connectivity index (χ3n) is 3.19. The van der Waals surface area contributed by atoms with Gasteiger partial charge in [-0.15, -0.1) is 0 Å². The summed E-state index contributed by atoms with van der Waals surface area (Å²) in [5, 5.41) is 9.62. The molecule has 1 atom stereocenters. The predicted molar refractivity (Wildman–Crippen MR) is 89.9 cm³/mol. The van der Waals surface area contributed by atoms with E-state index in [2.05, 4.69) is 15.8 Å². The lowest BCUT2D eigenvalue weighted by Gasteiger charge is -2.17. The Hall–Kier alpha value is -2.50. The summed E-state index contributed by atoms with van der Waals surface area (Å²) in [4.78, 5) is 12.1. The number of nitrogens with one attached hydrogen (secondary N) is 2. The molecule has 0 saturated heterocycles. The molecule has 0 saturated carbocycles. The number of benzene rings is 1. The SMILES string of the molecule is Cc1cc(NC(=O)[C@@H](C)Nc2ccc(OC(C)C)c(C)c2)no1. The molecule has 1 heterocycles. The first-order valence-electron chi connectivity index (χ1n) is 7.63. The molecule has 1 aromatic heterocycles. The molecule has 1 amide bonds. The molecule has 1 aromatic carbocycles. The zero-order valence-corrected chi connectivity index (χ0v) is 14.1. The van der Waals surface area contributed by atoms with Crippen LogP contribution in [-0.2, 0) is 4.79 Å². The number of amides is 1. The maximum Gasteiger partial charge on any atom is 0.247 e. The van der Waals surface area contributed by atoms with E-state index in [4.69, 9.17) is 9.26 Å². The van der Waals surface area contributed by atoms with Gasteiger partial charge >= 0.3 is 0 Å². The summed E-state index contributed by atoms with van der Waals surface area (Å²) in [5.41, 5.74) is 1.88. The van der Waals surface area contributed by atoms with Crippen molar-refractivity contribution in [2.75, 3.05) is 10.6 Å². The quantitative estimate of drug-likeness (QED) is 0.852. The van der Waals surface area contributed by atoms with Crippen LogP contribution in [-0.4, -0.2) is 23.2 Å². The summed E-state index contributed by atoms with van der Waals surface area (Å²) in [6, 6.07) is 7.02. The van der Waals surface area contributed by atoms with Gasteiger partial charge in [0.05, 0.1) is 6.10 Å². The van der Waals surface area contributed by atoms with Crippen LogP contribution in [0.15, 0.2) is 28.8 Å². The van der Waals surface area contributed by atoms with Crippen LogP contribution in [0.5, 0.6) is 5.75 Å². The molecule has 0 unspecified atom stereocenters. The van der Waals surface area contributed by atoms with Gasteiger partial charge in [0.1, 0.15) is 17.6 Å². The lowest BCUT2D eigenvalue weighted by Crippen LogP contribution is -2.32. The number of anilines is 2. The highest BCUT2D eigenvalue weighted by Crippen LogP contribution is 2.23. The molecule has 23 heavy (non-hydrogen) atoms. The summed E-state index contributed by atoms with van der Waals surface area (Å²) in [6.07, 6.45) is 0.128. The summed E-state index contributed by atoms with van der Waals surface area (Å²) in [7, 11) is 0. The summed E-state index contributed by atoms with van der Waals surface area (Å²) in [5.74, 6) is 1.73. The number of aryl methyl sites for hydroxylation is 2. The lowest BCUT2D eigenvalue weighted by molar-refractivity contribution is -0.116. The number of ether oxygens (including phenoxy) is 1. The van der Waals surface area contributed by atoms with Crippen molar-refractivity contribution in [3.05, 3.63) is 35.6 Å². The maximum absolute atomic E-state index is 12.1. The molecule has 2 N–H and O–H groups in total. The molecular weight excluding hydrogens is 294 g/mol. The Morgan fingerprint density at radius 3 is 2.52 bits per heavy atom. The van der Waals surface area contributed by atoms with Crippen molar-refractivity contribution in [1.29, 1.82) is 0 Å². The average Bonchev–Trinajstić information content (AvgIpc) is 2.86. The standard InChI is InChI=1S/C17H23N3O3/c1-10(2)22-15-7-6-14(8-11(15)3)18-13(5)17(21)19-16-9-12(4)23-20-16/h6-10,13,18H,1-5H3,(H,19,20,21)/t13-/m1/s1. The fraction of sp³-hybridized carbons (Fsp3) is 0.412. The van der Waals surface area contributed by atoms with Gasteiger partial charge in [0.15, 0.2) is 5.82 Å². The monoisotopic (exact) mass is 317 g/mol. The molecule has 2 rings (SSSR count). The van der Waals surface area contributed by atoms with Crippen molar-refractivity contribution in [2.45, 2.75) is 46.8 Å². The summed E-state index contributed by atoms with van der Waals surface area (Å²) >= 11 is 0. The second-order valence-electron chi connectivity index (χ2n) is 5.82. The Morgan fingerprint density at radius 2 is 1.96 bits per heavy atom. The van der Waals surface area contributed by atoms with Crippen molar-refractivity contribution in [3.63, 3.8) is 0 Å². The zero-order chi connectivity index (χ0) is 17.0. The van der Waals surface area contributed by atoms with E-state index in [0.717, 1.165) is 17.0 Å². The van der Waals surface area contributed by atoms with Gasteiger partial charge in [-0.25, -0.2) is 0 Å². The van der Waals surface area contributed by atoms with Crippen LogP contribution in [0, 0.1) is 13.8 Å². The van der Waals surface area contributed by atoms with E-state index in [-0.39, 0.29) is 12.0 Å². The Bertz CT molecular complexity index is 679. The van der Waals surface area contributed by atoms with Crippen molar-refractivity contribution in [1.82, 2.24) is 5.16 Å². The van der Waals surface area contributed by atoms with Crippen molar-refractivity contribution >= 4 is 17.4 Å². The number of aromatic nitrogens is 1. The molecule has 124 valence electrons. The number of nitrogens with zero attached hydrogens (tertiary/aromatic N) is 1. The first-order valence-corrected chi connectivity index (χ1v) is 7.63. The highest BCUT2D eigenvalue weighted by Gasteiger charge is 2.15. The second kappa shape index (κ2) is 7.17. The predicted octanol–water partition coefficient (Wildman–Crippen LogP) is 3.52. The molecule has 0 fully saturated rings. The third kappa shape index (κ3) is 4.74. The van der Waals surface area contributed by atoms with E-state index in [0.29, 0.717) is 11.6 Å². The maximum atomic E-state index is 12.1. The highest BCUT2D eigenvalue weighted by molar-refractivity contribution is 5.95. The number of carbonyl (C=O) groups excluding carboxylic acids is 1. The molecule has 0 aliphatic rings. The number of hydrogen-bond donors (Lipinski definition) is 2. The van der Waals surface area contributed by atoms with Crippen molar-refractivity contribution in [3.8, 4) is 5.75 Å². The minimum absolute atomic E-state index is 0.128. The van der Waals surface area contributed by atoms with E-state index in [9.17, 15) is 4.79 Å². The molecule has 6 nitrogen and oxygen atoms in total. The van der Waals surface area contributed by atoms with E-state index in [1.165, 1.54) is 0 Å². The van der Waals surface area contributed by atoms with Crippen LogP contribution in [0.3, 0.4) is 0 Å². The van der Waals surface area contributed by atoms with Gasteiger partial charge < -0.3 is 19.9 Å². The third-order valence-corrected chi connectivity index (χ3v) is 3.19. The second-order valence-corrected chi connectivity index (χ2v) is 5.82. The first-order chi connectivity index (χ1) is 10.8. The van der Waals surface area contributed by atoms with Crippen LogP contribution in [0.4, 0.5) is 11.5 Å². The van der Waals surface area contributed by atoms with Crippen LogP contribution in [0.2, 0.25) is 0 Å². The van der Waals surface area contributed by atoms with Crippen LogP contribution in [0.25, 0.3) is 0 Å². The molecule has 0 spiro atoms. The van der Waals surface area contributed by atoms with Crippen molar-refractivity contribution in [2.24, 2.45) is 0 Å². The number of rotatable bonds is 6. The van der Waals surface area contributed by atoms with Gasteiger partial charge in [-0.1, -0.05) is 5.16 Å². The van der Waals surface area contributed by atoms with E-state index in [1.807, 2.05) is 39.0 Å². The minimum atomic E-state index is -0.414. The van der Waals surface area contributed by atoms with Gasteiger partial charge in [-0.05, 0) is 58.4 Å². The Labute approximate surface area is 136 Å². The highest BCUT2D eigenvalue weighted by atomic mass is 16.5. The summed E-state index contributed by atoms with van der Waals surface area (Å²) < 4.78 is 10.6. The van der Waals surface area contributed by atoms with E-state index >= 15 is 0 Å². The largest absolute Gasteiger partial charge is 0.491 e. The number of carbonyl (C=O) groups is 1. The Morgan fingerprint density at radius 1 is 1.22 bits per heavy atom. The average molecular weight is 317 g/mol. The molecule has 0 aliphatic heterocycles. The molecule has 0 radical (unpaired) electrons. The van der Waals surface area contributed by atoms with E-state index in [1.54, 1.807) is 19.9 Å². The summed E-state index contributed by atoms with van der Waals surface area (Å²) in [6.45, 7) is 9.52. The molecule has 0 bridgehead atoms. The van der Waals surface area contributed by atoms with E-state index < -0.39 is 6.04 Å². The first kappa shape index (κ1) is 16.9. The van der Waals surface area contributed by atoms with Gasteiger partial charge in [-0.2, -0.15) is 0 Å². The van der Waals surface area contributed by atoms with Crippen molar-refractivity contribution < 1.29 is 14.1 Å². The molecule has 6 heteroatoms. The minimum Gasteiger partial charge on any atom is -0.491 e. The molecule has 0 aliphatic carbocycles. The normalized spacial score (nSPS) is 12.1. The van der Waals surface area contributed by atoms with Gasteiger partial charge in [0.25, 0.3) is 0 Å². The molecular formula is C17H23N3O3. The van der Waals surface area contributed by atoms with Crippen LogP contribution >= 0.6 is 0 Å². The van der Waals surface area contributed by atoms with Crippen LogP contribution in [0.1, 0.15) is 32.1 Å². The number of hydrogen-bond acceptors (Lipinski definition) is 5. The van der Waals surface area contributed by atoms with Gasteiger partial charge in [0, 0.05) is 11.8 Å². The Balaban J connectivity index is 1.97. The van der Waals surface area contributed by atoms with Crippen LogP contribution < -0.4 is 15.4 Å². The fourth-order valence-electron chi connectivity index (χ4n) is 2.10. The Kier molecular flexibility index (Phi) is 5.26. The van der Waals surface area contributed by atoms with Gasteiger partial charge in [-0.3, -0.25) is 4.79 Å². The lowest BCUT2D eigenvalue weighted by atomic mass is 10.2. The fourth-order valence-corrected chi connectivity index (χ4v) is 2.10.